The van der Waals surface area contributed by atoms with Crippen LogP contribution in [0, 0.1) is 0 Å². The van der Waals surface area contributed by atoms with Gasteiger partial charge >= 0.3 is 0 Å². The zero-order valence-electron chi connectivity index (χ0n) is 17.2. The summed E-state index contributed by atoms with van der Waals surface area (Å²) in [6.07, 6.45) is 2.07. The van der Waals surface area contributed by atoms with Crippen molar-refractivity contribution in [2.24, 2.45) is 4.99 Å². The molecular weight excluding hydrogens is 370 g/mol. The molecule has 2 rings (SSSR count). The van der Waals surface area contributed by atoms with Crippen LogP contribution in [-0.2, 0) is 13.1 Å². The van der Waals surface area contributed by atoms with Gasteiger partial charge in [0, 0.05) is 31.1 Å². The molecule has 0 aliphatic heterocycles. The SMILES string of the molecule is CCCCNC(=O)c1ccc(CNC(=NC)NCc2nc(C(C)C)cs2)cc1. The highest BCUT2D eigenvalue weighted by molar-refractivity contribution is 7.09. The molecule has 0 fully saturated rings. The Labute approximate surface area is 171 Å². The fourth-order valence-corrected chi connectivity index (χ4v) is 3.39. The van der Waals surface area contributed by atoms with Crippen molar-refractivity contribution in [3.05, 3.63) is 51.5 Å². The Kier molecular flexibility index (Phi) is 8.94. The molecule has 0 aliphatic carbocycles. The van der Waals surface area contributed by atoms with Gasteiger partial charge in [-0.3, -0.25) is 9.79 Å². The summed E-state index contributed by atoms with van der Waals surface area (Å²) in [5.41, 5.74) is 2.90. The predicted molar refractivity (Wildman–Crippen MR) is 117 cm³/mol. The quantitative estimate of drug-likeness (QED) is 0.340. The highest BCUT2D eigenvalue weighted by atomic mass is 32.1. The van der Waals surface area contributed by atoms with E-state index in [9.17, 15) is 4.79 Å². The first kappa shape index (κ1) is 21.9. The van der Waals surface area contributed by atoms with Crippen LogP contribution in [0.1, 0.15) is 66.2 Å². The van der Waals surface area contributed by atoms with Crippen molar-refractivity contribution < 1.29 is 4.79 Å². The maximum Gasteiger partial charge on any atom is 0.251 e. The summed E-state index contributed by atoms with van der Waals surface area (Å²) in [5.74, 6) is 1.15. The van der Waals surface area contributed by atoms with Crippen LogP contribution in [0.15, 0.2) is 34.6 Å². The number of aliphatic imine (C=N–C) groups is 1. The predicted octanol–water partition coefficient (Wildman–Crippen LogP) is 3.66. The van der Waals surface area contributed by atoms with Crippen LogP contribution in [0.4, 0.5) is 0 Å². The second-order valence-electron chi connectivity index (χ2n) is 6.91. The van der Waals surface area contributed by atoms with Gasteiger partial charge in [-0.25, -0.2) is 4.98 Å². The standard InChI is InChI=1S/C21H31N5OS/c1-5-6-11-23-20(27)17-9-7-16(8-10-17)12-24-21(22-4)25-13-19-26-18(14-28-19)15(2)3/h7-10,14-15H,5-6,11-13H2,1-4H3,(H,23,27)(H2,22,24,25). The number of benzene rings is 1. The maximum atomic E-state index is 12.0. The Balaban J connectivity index is 1.80. The van der Waals surface area contributed by atoms with Gasteiger partial charge in [0.05, 0.1) is 12.2 Å². The van der Waals surface area contributed by atoms with Crippen molar-refractivity contribution in [1.29, 1.82) is 0 Å². The van der Waals surface area contributed by atoms with Crippen molar-refractivity contribution in [3.8, 4) is 0 Å². The van der Waals surface area contributed by atoms with Crippen LogP contribution < -0.4 is 16.0 Å². The monoisotopic (exact) mass is 401 g/mol. The normalized spacial score (nSPS) is 11.5. The second kappa shape index (κ2) is 11.4. The lowest BCUT2D eigenvalue weighted by molar-refractivity contribution is 0.0953. The van der Waals surface area contributed by atoms with Gasteiger partial charge in [-0.15, -0.1) is 11.3 Å². The van der Waals surface area contributed by atoms with E-state index in [0.29, 0.717) is 24.6 Å². The van der Waals surface area contributed by atoms with E-state index in [2.05, 4.69) is 52.1 Å². The molecule has 0 saturated carbocycles. The molecule has 0 unspecified atom stereocenters. The third-order valence-corrected chi connectivity index (χ3v) is 5.15. The smallest absolute Gasteiger partial charge is 0.251 e. The Morgan fingerprint density at radius 1 is 1.14 bits per heavy atom. The molecule has 1 aromatic heterocycles. The minimum Gasteiger partial charge on any atom is -0.352 e. The van der Waals surface area contributed by atoms with E-state index in [1.165, 1.54) is 0 Å². The molecule has 6 nitrogen and oxygen atoms in total. The number of carbonyl (C=O) groups excluding carboxylic acids is 1. The lowest BCUT2D eigenvalue weighted by Gasteiger charge is -2.11. The minimum absolute atomic E-state index is 0.0188. The Morgan fingerprint density at radius 2 is 1.86 bits per heavy atom. The first-order valence-electron chi connectivity index (χ1n) is 9.79. The van der Waals surface area contributed by atoms with Gasteiger partial charge < -0.3 is 16.0 Å². The average Bonchev–Trinajstić information content (AvgIpc) is 3.18. The Bertz CT molecular complexity index is 767. The number of carbonyl (C=O) groups is 1. The van der Waals surface area contributed by atoms with E-state index >= 15 is 0 Å². The molecule has 0 saturated heterocycles. The lowest BCUT2D eigenvalue weighted by Crippen LogP contribution is -2.36. The summed E-state index contributed by atoms with van der Waals surface area (Å²) in [6.45, 7) is 8.40. The Morgan fingerprint density at radius 3 is 2.46 bits per heavy atom. The molecule has 0 radical (unpaired) electrons. The molecule has 2 aromatic rings. The number of hydrogen-bond donors (Lipinski definition) is 3. The van der Waals surface area contributed by atoms with Crippen LogP contribution in [0.2, 0.25) is 0 Å². The molecule has 0 bridgehead atoms. The van der Waals surface area contributed by atoms with Gasteiger partial charge in [-0.1, -0.05) is 39.3 Å². The number of nitrogens with zero attached hydrogens (tertiary/aromatic N) is 2. The highest BCUT2D eigenvalue weighted by Crippen LogP contribution is 2.17. The van der Waals surface area contributed by atoms with Crippen LogP contribution in [-0.4, -0.2) is 30.4 Å². The molecule has 7 heteroatoms. The summed E-state index contributed by atoms with van der Waals surface area (Å²) in [7, 11) is 1.75. The van der Waals surface area contributed by atoms with E-state index in [1.54, 1.807) is 18.4 Å². The molecular formula is C21H31N5OS. The van der Waals surface area contributed by atoms with Gasteiger partial charge in [0.1, 0.15) is 5.01 Å². The maximum absolute atomic E-state index is 12.0. The number of nitrogens with one attached hydrogen (secondary N) is 3. The van der Waals surface area contributed by atoms with E-state index in [-0.39, 0.29) is 5.91 Å². The molecule has 1 aromatic carbocycles. The largest absolute Gasteiger partial charge is 0.352 e. The third kappa shape index (κ3) is 6.96. The van der Waals surface area contributed by atoms with Gasteiger partial charge in [0.2, 0.25) is 0 Å². The lowest BCUT2D eigenvalue weighted by atomic mass is 10.1. The average molecular weight is 402 g/mol. The zero-order valence-corrected chi connectivity index (χ0v) is 18.0. The summed E-state index contributed by atoms with van der Waals surface area (Å²) in [5, 5.41) is 12.7. The van der Waals surface area contributed by atoms with Crippen LogP contribution in [0.25, 0.3) is 0 Å². The minimum atomic E-state index is -0.0188. The van der Waals surface area contributed by atoms with E-state index in [1.807, 2.05) is 24.3 Å². The van der Waals surface area contributed by atoms with E-state index in [4.69, 9.17) is 0 Å². The molecule has 0 aliphatic rings. The summed E-state index contributed by atoms with van der Waals surface area (Å²) in [4.78, 5) is 20.9. The molecule has 3 N–H and O–H groups in total. The second-order valence-corrected chi connectivity index (χ2v) is 7.85. The molecule has 1 heterocycles. The molecule has 0 atom stereocenters. The van der Waals surface area contributed by atoms with Gasteiger partial charge in [0.25, 0.3) is 5.91 Å². The molecule has 1 amide bonds. The van der Waals surface area contributed by atoms with Crippen LogP contribution in [0.3, 0.4) is 0 Å². The molecule has 152 valence electrons. The van der Waals surface area contributed by atoms with Crippen molar-refractivity contribution >= 4 is 23.2 Å². The van der Waals surface area contributed by atoms with Crippen LogP contribution >= 0.6 is 11.3 Å². The van der Waals surface area contributed by atoms with Crippen molar-refractivity contribution in [1.82, 2.24) is 20.9 Å². The topological polar surface area (TPSA) is 78.4 Å². The Hall–Kier alpha value is -2.41. The third-order valence-electron chi connectivity index (χ3n) is 4.28. The van der Waals surface area contributed by atoms with Gasteiger partial charge in [-0.2, -0.15) is 0 Å². The number of rotatable bonds is 9. The number of unbranched alkanes of at least 4 members (excludes halogenated alkanes) is 1. The van der Waals surface area contributed by atoms with E-state index < -0.39 is 0 Å². The first-order chi connectivity index (χ1) is 13.5. The van der Waals surface area contributed by atoms with Crippen molar-refractivity contribution in [2.75, 3.05) is 13.6 Å². The summed E-state index contributed by atoms with van der Waals surface area (Å²) < 4.78 is 0. The summed E-state index contributed by atoms with van der Waals surface area (Å²) in [6, 6.07) is 7.64. The molecule has 28 heavy (non-hydrogen) atoms. The van der Waals surface area contributed by atoms with Crippen LogP contribution in [0.5, 0.6) is 0 Å². The van der Waals surface area contributed by atoms with E-state index in [0.717, 1.165) is 41.6 Å². The number of aromatic nitrogens is 1. The van der Waals surface area contributed by atoms with Crippen molar-refractivity contribution in [2.45, 2.75) is 52.6 Å². The van der Waals surface area contributed by atoms with Crippen molar-refractivity contribution in [3.63, 3.8) is 0 Å². The number of thiazole rings is 1. The number of amides is 1. The fraction of sp³-hybridized carbons (Fsp3) is 0.476. The number of guanidine groups is 1. The molecule has 0 spiro atoms. The summed E-state index contributed by atoms with van der Waals surface area (Å²) >= 11 is 1.66. The van der Waals surface area contributed by atoms with Gasteiger partial charge in [-0.05, 0) is 30.0 Å². The zero-order chi connectivity index (χ0) is 20.4. The van der Waals surface area contributed by atoms with Gasteiger partial charge in [0.15, 0.2) is 5.96 Å². The number of hydrogen-bond acceptors (Lipinski definition) is 4. The highest BCUT2D eigenvalue weighted by Gasteiger charge is 2.07. The first-order valence-corrected chi connectivity index (χ1v) is 10.7. The fourth-order valence-electron chi connectivity index (χ4n) is 2.49.